The van der Waals surface area contributed by atoms with Gasteiger partial charge < -0.3 is 5.32 Å². The van der Waals surface area contributed by atoms with Crippen molar-refractivity contribution in [3.63, 3.8) is 0 Å². The number of nitrogens with one attached hydrogen (secondary N) is 1. The van der Waals surface area contributed by atoms with Crippen molar-refractivity contribution >= 4 is 29.3 Å². The van der Waals surface area contributed by atoms with Gasteiger partial charge in [-0.2, -0.15) is 15.0 Å². The van der Waals surface area contributed by atoms with E-state index in [4.69, 9.17) is 11.6 Å². The fraction of sp³-hybridized carbons (Fsp3) is 0.667. The lowest BCUT2D eigenvalue weighted by molar-refractivity contribution is 0.631. The molecule has 0 aromatic carbocycles. The molecule has 1 aromatic rings. The van der Waals surface area contributed by atoms with E-state index in [0.717, 1.165) is 12.2 Å². The van der Waals surface area contributed by atoms with Crippen molar-refractivity contribution in [1.29, 1.82) is 0 Å². The Kier molecular flexibility index (Phi) is 5.11. The van der Waals surface area contributed by atoms with E-state index in [1.165, 1.54) is 0 Å². The highest BCUT2D eigenvalue weighted by Crippen LogP contribution is 2.18. The van der Waals surface area contributed by atoms with Crippen molar-refractivity contribution in [2.45, 2.75) is 25.4 Å². The minimum Gasteiger partial charge on any atom is -0.357 e. The second-order valence-corrected chi connectivity index (χ2v) is 4.89. The molecule has 0 bridgehead atoms. The summed E-state index contributed by atoms with van der Waals surface area (Å²) >= 11 is 7.36. The monoisotopic (exact) mass is 246 g/mol. The van der Waals surface area contributed by atoms with Crippen LogP contribution in [-0.2, 0) is 0 Å². The highest BCUT2D eigenvalue weighted by molar-refractivity contribution is 7.99. The molecule has 1 N–H and O–H groups in total. The molecule has 4 nitrogen and oxygen atoms in total. The van der Waals surface area contributed by atoms with Gasteiger partial charge in [0.1, 0.15) is 0 Å². The van der Waals surface area contributed by atoms with Crippen LogP contribution in [0.1, 0.15) is 20.3 Å². The molecule has 1 heterocycles. The van der Waals surface area contributed by atoms with Crippen molar-refractivity contribution in [3.8, 4) is 0 Å². The van der Waals surface area contributed by atoms with Gasteiger partial charge in [-0.1, -0.05) is 25.6 Å². The van der Waals surface area contributed by atoms with Crippen LogP contribution >= 0.6 is 23.4 Å². The molecule has 0 aliphatic carbocycles. The lowest BCUT2D eigenvalue weighted by atomic mass is 10.2. The zero-order chi connectivity index (χ0) is 11.3. The third-order valence-electron chi connectivity index (χ3n) is 1.74. The van der Waals surface area contributed by atoms with Gasteiger partial charge in [-0.05, 0) is 23.9 Å². The predicted octanol–water partition coefficient (Wildman–Crippen LogP) is 2.70. The number of nitrogens with zero attached hydrogens (tertiary/aromatic N) is 3. The van der Waals surface area contributed by atoms with E-state index in [0.29, 0.717) is 17.0 Å². The van der Waals surface area contributed by atoms with E-state index < -0.39 is 0 Å². The average molecular weight is 247 g/mol. The van der Waals surface area contributed by atoms with Crippen molar-refractivity contribution in [1.82, 2.24) is 15.0 Å². The van der Waals surface area contributed by atoms with Crippen LogP contribution < -0.4 is 5.32 Å². The number of aromatic nitrogens is 3. The number of anilines is 1. The Bertz CT molecular complexity index is 319. The molecule has 84 valence electrons. The summed E-state index contributed by atoms with van der Waals surface area (Å²) in [6.07, 6.45) is 1.14. The minimum absolute atomic E-state index is 0.237. The number of hydrogen-bond acceptors (Lipinski definition) is 5. The maximum Gasteiger partial charge on any atom is 0.228 e. The Morgan fingerprint density at radius 1 is 1.33 bits per heavy atom. The fourth-order valence-corrected chi connectivity index (χ4v) is 2.18. The number of hydrogen-bond donors (Lipinski definition) is 1. The van der Waals surface area contributed by atoms with Crippen LogP contribution in [0, 0.1) is 5.92 Å². The molecule has 6 heteroatoms. The van der Waals surface area contributed by atoms with Crippen LogP contribution in [0.3, 0.4) is 0 Å². The Hall–Kier alpha value is -0.550. The van der Waals surface area contributed by atoms with Crippen LogP contribution in [0.2, 0.25) is 5.28 Å². The fourth-order valence-electron chi connectivity index (χ4n) is 0.894. The minimum atomic E-state index is 0.237. The molecule has 0 radical (unpaired) electrons. The summed E-state index contributed by atoms with van der Waals surface area (Å²) in [5.41, 5.74) is 0. The van der Waals surface area contributed by atoms with Crippen LogP contribution in [0.5, 0.6) is 0 Å². The Morgan fingerprint density at radius 2 is 2.07 bits per heavy atom. The quantitative estimate of drug-likeness (QED) is 0.810. The summed E-state index contributed by atoms with van der Waals surface area (Å²) in [6, 6.07) is 0. The van der Waals surface area contributed by atoms with E-state index in [2.05, 4.69) is 34.1 Å². The Labute approximate surface area is 99.3 Å². The molecule has 0 amide bonds. The van der Waals surface area contributed by atoms with Crippen molar-refractivity contribution in [2.75, 3.05) is 18.1 Å². The summed E-state index contributed by atoms with van der Waals surface area (Å²) in [7, 11) is 1.76. The van der Waals surface area contributed by atoms with Gasteiger partial charge in [-0.3, -0.25) is 0 Å². The SMILES string of the molecule is CNc1nc(Cl)nc(SCCC(C)C)n1. The molecular formula is C9H15ClN4S. The van der Waals surface area contributed by atoms with Gasteiger partial charge in [0.2, 0.25) is 11.2 Å². The number of rotatable bonds is 5. The van der Waals surface area contributed by atoms with Gasteiger partial charge in [0, 0.05) is 12.8 Å². The van der Waals surface area contributed by atoms with E-state index in [1.54, 1.807) is 18.8 Å². The molecule has 0 aliphatic heterocycles. The molecule has 1 aromatic heterocycles. The molecule has 0 aliphatic rings. The summed E-state index contributed by atoms with van der Waals surface area (Å²) in [5, 5.41) is 3.77. The van der Waals surface area contributed by atoms with Gasteiger partial charge >= 0.3 is 0 Å². The lowest BCUT2D eigenvalue weighted by Gasteiger charge is -2.04. The molecule has 15 heavy (non-hydrogen) atoms. The Morgan fingerprint density at radius 3 is 2.67 bits per heavy atom. The topological polar surface area (TPSA) is 50.7 Å². The summed E-state index contributed by atoms with van der Waals surface area (Å²) in [4.78, 5) is 12.2. The van der Waals surface area contributed by atoms with E-state index in [1.807, 2.05) is 0 Å². The third kappa shape index (κ3) is 4.66. The van der Waals surface area contributed by atoms with Crippen molar-refractivity contribution in [2.24, 2.45) is 5.92 Å². The van der Waals surface area contributed by atoms with E-state index in [-0.39, 0.29) is 5.28 Å². The summed E-state index contributed by atoms with van der Waals surface area (Å²) < 4.78 is 0. The zero-order valence-electron chi connectivity index (χ0n) is 9.12. The number of halogens is 1. The lowest BCUT2D eigenvalue weighted by Crippen LogP contribution is -2.00. The van der Waals surface area contributed by atoms with Gasteiger partial charge in [0.25, 0.3) is 0 Å². The first-order chi connectivity index (χ1) is 7.11. The van der Waals surface area contributed by atoms with Crippen LogP contribution in [0.15, 0.2) is 5.16 Å². The molecular weight excluding hydrogens is 232 g/mol. The highest BCUT2D eigenvalue weighted by atomic mass is 35.5. The molecule has 0 saturated heterocycles. The molecule has 0 fully saturated rings. The molecule has 1 rings (SSSR count). The highest BCUT2D eigenvalue weighted by Gasteiger charge is 2.04. The molecule has 0 unspecified atom stereocenters. The first kappa shape index (κ1) is 12.5. The molecule has 0 spiro atoms. The largest absolute Gasteiger partial charge is 0.357 e. The predicted molar refractivity (Wildman–Crippen MR) is 64.6 cm³/mol. The second kappa shape index (κ2) is 6.12. The van der Waals surface area contributed by atoms with E-state index >= 15 is 0 Å². The average Bonchev–Trinajstić information content (AvgIpc) is 2.16. The van der Waals surface area contributed by atoms with Crippen LogP contribution in [0.25, 0.3) is 0 Å². The molecule has 0 atom stereocenters. The second-order valence-electron chi connectivity index (χ2n) is 3.49. The van der Waals surface area contributed by atoms with Gasteiger partial charge in [-0.15, -0.1) is 0 Å². The van der Waals surface area contributed by atoms with Gasteiger partial charge in [-0.25, -0.2) is 0 Å². The summed E-state index contributed by atoms with van der Waals surface area (Å²) in [6.45, 7) is 4.39. The van der Waals surface area contributed by atoms with Crippen molar-refractivity contribution < 1.29 is 0 Å². The molecule has 0 saturated carbocycles. The van der Waals surface area contributed by atoms with Crippen molar-refractivity contribution in [3.05, 3.63) is 5.28 Å². The number of thioether (sulfide) groups is 1. The maximum atomic E-state index is 5.75. The first-order valence-electron chi connectivity index (χ1n) is 4.84. The van der Waals surface area contributed by atoms with E-state index in [9.17, 15) is 0 Å². The normalized spacial score (nSPS) is 10.7. The first-order valence-corrected chi connectivity index (χ1v) is 6.20. The Balaban J connectivity index is 2.56. The third-order valence-corrected chi connectivity index (χ3v) is 2.79. The zero-order valence-corrected chi connectivity index (χ0v) is 10.7. The van der Waals surface area contributed by atoms with Crippen LogP contribution in [0.4, 0.5) is 5.95 Å². The maximum absolute atomic E-state index is 5.75. The summed E-state index contributed by atoms with van der Waals surface area (Å²) in [5.74, 6) is 2.21. The van der Waals surface area contributed by atoms with Gasteiger partial charge in [0.05, 0.1) is 0 Å². The van der Waals surface area contributed by atoms with Gasteiger partial charge in [0.15, 0.2) is 5.16 Å². The standard InChI is InChI=1S/C9H15ClN4S/c1-6(2)4-5-15-9-13-7(10)12-8(11-3)14-9/h6H,4-5H2,1-3H3,(H,11,12,13,14). The smallest absolute Gasteiger partial charge is 0.228 e. The van der Waals surface area contributed by atoms with Crippen LogP contribution in [-0.4, -0.2) is 27.8 Å².